The average molecular weight is 481 g/mol. The molecule has 2 heterocycles. The average Bonchev–Trinajstić information content (AvgIpc) is 3.44. The maximum absolute atomic E-state index is 13.0. The number of thioether (sulfide) groups is 1. The molecule has 0 aliphatic carbocycles. The van der Waals surface area contributed by atoms with E-state index in [2.05, 4.69) is 15.6 Å². The Morgan fingerprint density at radius 3 is 2.70 bits per heavy atom. The van der Waals surface area contributed by atoms with E-state index < -0.39 is 6.04 Å². The van der Waals surface area contributed by atoms with Gasteiger partial charge in [-0.15, -0.1) is 11.3 Å². The third kappa shape index (κ3) is 5.37. The minimum absolute atomic E-state index is 0.262. The van der Waals surface area contributed by atoms with Crippen molar-refractivity contribution in [2.45, 2.75) is 12.5 Å². The SMILES string of the molecule is COc1ccccc1C(=O)N[C@H](CCSC)C(=O)Nc1ccc(-c2cn3ccsc3n2)cc1. The van der Waals surface area contributed by atoms with Crippen LogP contribution in [0.15, 0.2) is 66.3 Å². The van der Waals surface area contributed by atoms with Gasteiger partial charge in [0.25, 0.3) is 5.91 Å². The Hall–Kier alpha value is -3.30. The summed E-state index contributed by atoms with van der Waals surface area (Å²) in [6, 6.07) is 13.8. The van der Waals surface area contributed by atoms with Crippen molar-refractivity contribution in [3.8, 4) is 17.0 Å². The number of rotatable bonds is 9. The molecule has 0 aliphatic heterocycles. The molecule has 4 aromatic rings. The largest absolute Gasteiger partial charge is 0.496 e. The quantitative estimate of drug-likeness (QED) is 0.367. The first-order valence-corrected chi connectivity index (χ1v) is 12.6. The first-order valence-electron chi connectivity index (χ1n) is 10.4. The van der Waals surface area contributed by atoms with Gasteiger partial charge in [-0.2, -0.15) is 11.8 Å². The third-order valence-electron chi connectivity index (χ3n) is 5.13. The number of hydrogen-bond acceptors (Lipinski definition) is 6. The number of ether oxygens (including phenoxy) is 1. The van der Waals surface area contributed by atoms with Crippen LogP contribution in [0.4, 0.5) is 5.69 Å². The fraction of sp³-hybridized carbons (Fsp3) is 0.208. The molecular weight excluding hydrogens is 456 g/mol. The minimum atomic E-state index is -0.672. The van der Waals surface area contributed by atoms with Crippen LogP contribution in [0.3, 0.4) is 0 Å². The molecule has 2 N–H and O–H groups in total. The molecule has 2 aromatic heterocycles. The lowest BCUT2D eigenvalue weighted by Gasteiger charge is -2.19. The van der Waals surface area contributed by atoms with Crippen molar-refractivity contribution >= 4 is 45.6 Å². The summed E-state index contributed by atoms with van der Waals surface area (Å²) in [5.74, 6) is 0.598. The maximum Gasteiger partial charge on any atom is 0.255 e. The normalized spacial score (nSPS) is 11.8. The Morgan fingerprint density at radius 2 is 1.97 bits per heavy atom. The molecule has 1 atom stereocenters. The molecular formula is C24H24N4O3S2. The van der Waals surface area contributed by atoms with Crippen LogP contribution in [-0.4, -0.2) is 46.4 Å². The lowest BCUT2D eigenvalue weighted by Crippen LogP contribution is -2.44. The molecule has 0 saturated carbocycles. The first kappa shape index (κ1) is 22.9. The van der Waals surface area contributed by atoms with Crippen molar-refractivity contribution in [1.29, 1.82) is 0 Å². The lowest BCUT2D eigenvalue weighted by molar-refractivity contribution is -0.118. The van der Waals surface area contributed by atoms with E-state index in [0.717, 1.165) is 22.0 Å². The molecule has 4 rings (SSSR count). The predicted molar refractivity (Wildman–Crippen MR) is 134 cm³/mol. The minimum Gasteiger partial charge on any atom is -0.496 e. The van der Waals surface area contributed by atoms with Gasteiger partial charge in [-0.05, 0) is 42.7 Å². The Balaban J connectivity index is 1.45. The molecule has 0 spiro atoms. The van der Waals surface area contributed by atoms with E-state index in [1.807, 2.05) is 52.7 Å². The number of benzene rings is 2. The zero-order chi connectivity index (χ0) is 23.2. The number of fused-ring (bicyclic) bond motifs is 1. The summed E-state index contributed by atoms with van der Waals surface area (Å²) in [6.07, 6.45) is 6.43. The summed E-state index contributed by atoms with van der Waals surface area (Å²) >= 11 is 3.20. The summed E-state index contributed by atoms with van der Waals surface area (Å²) in [5.41, 5.74) is 2.89. The van der Waals surface area contributed by atoms with Gasteiger partial charge >= 0.3 is 0 Å². The number of nitrogens with one attached hydrogen (secondary N) is 2. The van der Waals surface area contributed by atoms with Crippen LogP contribution < -0.4 is 15.4 Å². The lowest BCUT2D eigenvalue weighted by atomic mass is 10.1. The highest BCUT2D eigenvalue weighted by Crippen LogP contribution is 2.23. The second kappa shape index (κ2) is 10.5. The molecule has 33 heavy (non-hydrogen) atoms. The van der Waals surface area contributed by atoms with Gasteiger partial charge in [-0.25, -0.2) is 4.98 Å². The molecule has 0 bridgehead atoms. The Kier molecular flexibility index (Phi) is 7.31. The Labute approximate surface area is 200 Å². The molecule has 0 unspecified atom stereocenters. The molecule has 9 heteroatoms. The van der Waals surface area contributed by atoms with Crippen molar-refractivity contribution in [3.05, 3.63) is 71.9 Å². The zero-order valence-electron chi connectivity index (χ0n) is 18.3. The number of carbonyl (C=O) groups is 2. The van der Waals surface area contributed by atoms with Crippen molar-refractivity contribution in [2.75, 3.05) is 24.4 Å². The fourth-order valence-electron chi connectivity index (χ4n) is 3.39. The predicted octanol–water partition coefficient (Wildman–Crippen LogP) is 4.56. The summed E-state index contributed by atoms with van der Waals surface area (Å²) in [5, 5.41) is 7.77. The van der Waals surface area contributed by atoms with E-state index in [4.69, 9.17) is 4.74 Å². The smallest absolute Gasteiger partial charge is 0.255 e. The molecule has 2 amide bonds. The summed E-state index contributed by atoms with van der Waals surface area (Å²) in [4.78, 5) is 31.4. The van der Waals surface area contributed by atoms with Crippen molar-refractivity contribution < 1.29 is 14.3 Å². The van der Waals surface area contributed by atoms with Crippen LogP contribution >= 0.6 is 23.1 Å². The molecule has 0 aliphatic rings. The molecule has 0 saturated heterocycles. The van der Waals surface area contributed by atoms with Crippen LogP contribution in [0.5, 0.6) is 5.75 Å². The highest BCUT2D eigenvalue weighted by atomic mass is 32.2. The third-order valence-corrected chi connectivity index (χ3v) is 6.54. The van der Waals surface area contributed by atoms with E-state index in [1.54, 1.807) is 47.4 Å². The van der Waals surface area contributed by atoms with Gasteiger partial charge in [-0.1, -0.05) is 24.3 Å². The van der Waals surface area contributed by atoms with Crippen LogP contribution in [0.25, 0.3) is 16.2 Å². The van der Waals surface area contributed by atoms with Gasteiger partial charge in [0.1, 0.15) is 11.8 Å². The van der Waals surface area contributed by atoms with Gasteiger partial charge in [0.05, 0.1) is 18.4 Å². The molecule has 0 radical (unpaired) electrons. The van der Waals surface area contributed by atoms with Gasteiger partial charge < -0.3 is 15.4 Å². The number of thiazole rings is 1. The number of carbonyl (C=O) groups excluding carboxylic acids is 2. The zero-order valence-corrected chi connectivity index (χ0v) is 19.9. The van der Waals surface area contributed by atoms with Crippen molar-refractivity contribution in [1.82, 2.24) is 14.7 Å². The number of hydrogen-bond donors (Lipinski definition) is 2. The molecule has 7 nitrogen and oxygen atoms in total. The second-order valence-electron chi connectivity index (χ2n) is 7.29. The standard InChI is InChI=1S/C24H24N4O3S2/c1-31-21-6-4-3-5-18(21)22(29)26-19(11-13-32-2)23(30)25-17-9-7-16(8-10-17)20-15-28-12-14-33-24(28)27-20/h3-10,12,14-15,19H,11,13H2,1-2H3,(H,25,30)(H,26,29)/t19-/m1/s1. The number of imidazole rings is 1. The first-order chi connectivity index (χ1) is 16.1. The Morgan fingerprint density at radius 1 is 1.18 bits per heavy atom. The fourth-order valence-corrected chi connectivity index (χ4v) is 4.56. The van der Waals surface area contributed by atoms with Crippen molar-refractivity contribution in [3.63, 3.8) is 0 Å². The number of amides is 2. The van der Waals surface area contributed by atoms with Crippen LogP contribution in [0.2, 0.25) is 0 Å². The summed E-state index contributed by atoms with van der Waals surface area (Å²) < 4.78 is 7.26. The molecule has 0 fully saturated rings. The van der Waals surface area contributed by atoms with Crippen LogP contribution in [0.1, 0.15) is 16.8 Å². The number of aromatic nitrogens is 2. The summed E-state index contributed by atoms with van der Waals surface area (Å²) in [7, 11) is 1.51. The van der Waals surface area contributed by atoms with Gasteiger partial charge in [0, 0.05) is 29.0 Å². The van der Waals surface area contributed by atoms with Crippen molar-refractivity contribution in [2.24, 2.45) is 0 Å². The van der Waals surface area contributed by atoms with Crippen LogP contribution in [-0.2, 0) is 4.79 Å². The number of methoxy groups -OCH3 is 1. The van der Waals surface area contributed by atoms with Gasteiger partial charge in [0.2, 0.25) is 5.91 Å². The molecule has 170 valence electrons. The monoisotopic (exact) mass is 480 g/mol. The van der Waals surface area contributed by atoms with E-state index >= 15 is 0 Å². The maximum atomic E-state index is 13.0. The number of para-hydroxylation sites is 1. The van der Waals surface area contributed by atoms with E-state index in [0.29, 0.717) is 23.4 Å². The van der Waals surface area contributed by atoms with Gasteiger partial charge in [-0.3, -0.25) is 14.0 Å². The van der Waals surface area contributed by atoms with E-state index in [-0.39, 0.29) is 11.8 Å². The Bertz CT molecular complexity index is 1220. The molecule has 2 aromatic carbocycles. The van der Waals surface area contributed by atoms with Gasteiger partial charge in [0.15, 0.2) is 4.96 Å². The summed E-state index contributed by atoms with van der Waals surface area (Å²) in [6.45, 7) is 0. The highest BCUT2D eigenvalue weighted by Gasteiger charge is 2.23. The topological polar surface area (TPSA) is 84.7 Å². The number of anilines is 1. The van der Waals surface area contributed by atoms with E-state index in [9.17, 15) is 9.59 Å². The highest BCUT2D eigenvalue weighted by molar-refractivity contribution is 7.98. The second-order valence-corrected chi connectivity index (χ2v) is 9.15. The van der Waals surface area contributed by atoms with E-state index in [1.165, 1.54) is 7.11 Å². The number of nitrogens with zero attached hydrogens (tertiary/aromatic N) is 2. The van der Waals surface area contributed by atoms with Crippen LogP contribution in [0, 0.1) is 0 Å².